The maximum Gasteiger partial charge on any atom is 0 e. The van der Waals surface area contributed by atoms with E-state index in [4.69, 9.17) is 0 Å². The van der Waals surface area contributed by atoms with Gasteiger partial charge in [0.1, 0.15) is 0 Å². The van der Waals surface area contributed by atoms with Crippen molar-refractivity contribution in [1.29, 1.82) is 0 Å². The normalized spacial score (nSPS) is 11.9. The first kappa shape index (κ1) is 17.9. The van der Waals surface area contributed by atoms with Gasteiger partial charge in [0.25, 0.3) is 0 Å². The van der Waals surface area contributed by atoms with Crippen LogP contribution in [0.4, 0.5) is 0 Å². The van der Waals surface area contributed by atoms with Gasteiger partial charge in [-0.05, 0) is 57.3 Å². The SMILES string of the molecule is [Li].c1ccc2c(c1)Cc1ccccc1-2.c1ccc2c(c1)Cc1ccccc1-2. The number of hydrogen-bond donors (Lipinski definition) is 0. The molecule has 0 aromatic heterocycles. The molecule has 0 nitrogen and oxygen atoms in total. The Kier molecular flexibility index (Phi) is 5.04. The molecule has 2 aliphatic carbocycles. The van der Waals surface area contributed by atoms with Crippen molar-refractivity contribution in [2.75, 3.05) is 0 Å². The average Bonchev–Trinajstić information content (AvgIpc) is 3.27. The van der Waals surface area contributed by atoms with Gasteiger partial charge in [0.15, 0.2) is 0 Å². The first-order valence-electron chi connectivity index (χ1n) is 9.22. The Bertz CT molecular complexity index is 918. The van der Waals surface area contributed by atoms with E-state index < -0.39 is 0 Å². The maximum atomic E-state index is 2.22. The standard InChI is InChI=1S/2C13H10.Li/c2*1-3-7-12-10(5-1)9-11-6-2-4-8-13(11)12;/h2*1-8H,9H2;. The van der Waals surface area contributed by atoms with Crippen LogP contribution in [0.25, 0.3) is 22.3 Å². The van der Waals surface area contributed by atoms with Crippen LogP contribution in [0.1, 0.15) is 22.3 Å². The molecule has 4 aromatic rings. The fourth-order valence-corrected chi connectivity index (χ4v) is 4.16. The molecule has 0 spiro atoms. The van der Waals surface area contributed by atoms with Crippen molar-refractivity contribution in [3.63, 3.8) is 0 Å². The summed E-state index contributed by atoms with van der Waals surface area (Å²) in [6, 6.07) is 34.6. The number of benzene rings is 4. The van der Waals surface area contributed by atoms with E-state index in [9.17, 15) is 0 Å². The van der Waals surface area contributed by atoms with Crippen molar-refractivity contribution in [2.24, 2.45) is 0 Å². The molecular formula is C26H20Li. The molecule has 4 aromatic carbocycles. The fraction of sp³-hybridized carbons (Fsp3) is 0.0769. The van der Waals surface area contributed by atoms with Gasteiger partial charge in [0.05, 0.1) is 0 Å². The molecule has 1 radical (unpaired) electrons. The van der Waals surface area contributed by atoms with E-state index in [0.29, 0.717) is 0 Å². The summed E-state index contributed by atoms with van der Waals surface area (Å²) in [6.07, 6.45) is 2.21. The zero-order valence-electron chi connectivity index (χ0n) is 15.7. The van der Waals surface area contributed by atoms with Crippen LogP contribution < -0.4 is 0 Å². The van der Waals surface area contributed by atoms with Gasteiger partial charge >= 0.3 is 0 Å². The van der Waals surface area contributed by atoms with Gasteiger partial charge in [-0.3, -0.25) is 0 Å². The Morgan fingerprint density at radius 2 is 0.556 bits per heavy atom. The molecule has 6 rings (SSSR count). The molecule has 0 saturated heterocycles. The summed E-state index contributed by atoms with van der Waals surface area (Å²) in [5.74, 6) is 0. The van der Waals surface area contributed by atoms with Crippen molar-refractivity contribution in [1.82, 2.24) is 0 Å². The Labute approximate surface area is 173 Å². The molecule has 27 heavy (non-hydrogen) atoms. The van der Waals surface area contributed by atoms with Crippen LogP contribution in [0.2, 0.25) is 0 Å². The van der Waals surface area contributed by atoms with E-state index in [1.807, 2.05) is 0 Å². The Balaban J connectivity index is 0.000000129. The number of fused-ring (bicyclic) bond motifs is 6. The maximum absolute atomic E-state index is 2.22. The van der Waals surface area contributed by atoms with Crippen LogP contribution in [-0.4, -0.2) is 18.9 Å². The van der Waals surface area contributed by atoms with Gasteiger partial charge in [-0.2, -0.15) is 0 Å². The molecule has 0 bridgehead atoms. The van der Waals surface area contributed by atoms with E-state index in [0.717, 1.165) is 12.8 Å². The first-order valence-corrected chi connectivity index (χ1v) is 9.22. The van der Waals surface area contributed by atoms with E-state index in [1.165, 1.54) is 44.5 Å². The summed E-state index contributed by atoms with van der Waals surface area (Å²) in [5, 5.41) is 0. The zero-order chi connectivity index (χ0) is 17.3. The van der Waals surface area contributed by atoms with Crippen molar-refractivity contribution >= 4 is 18.9 Å². The second kappa shape index (κ2) is 7.61. The van der Waals surface area contributed by atoms with Crippen LogP contribution in [0.5, 0.6) is 0 Å². The average molecular weight is 339 g/mol. The van der Waals surface area contributed by atoms with Gasteiger partial charge in [0, 0.05) is 18.9 Å². The van der Waals surface area contributed by atoms with Crippen LogP contribution >= 0.6 is 0 Å². The molecule has 0 fully saturated rings. The van der Waals surface area contributed by atoms with Crippen molar-refractivity contribution in [2.45, 2.75) is 12.8 Å². The fourth-order valence-electron chi connectivity index (χ4n) is 4.16. The second-order valence-electron chi connectivity index (χ2n) is 6.98. The molecule has 0 amide bonds. The quantitative estimate of drug-likeness (QED) is 0.292. The van der Waals surface area contributed by atoms with Gasteiger partial charge in [0.2, 0.25) is 0 Å². The monoisotopic (exact) mass is 339 g/mol. The molecular weight excluding hydrogens is 319 g/mol. The molecule has 0 atom stereocenters. The van der Waals surface area contributed by atoms with Gasteiger partial charge in [-0.15, -0.1) is 0 Å². The largest absolute Gasteiger partial charge is 0.0619 e. The van der Waals surface area contributed by atoms with E-state index >= 15 is 0 Å². The summed E-state index contributed by atoms with van der Waals surface area (Å²) >= 11 is 0. The second-order valence-corrected chi connectivity index (χ2v) is 6.98. The van der Waals surface area contributed by atoms with Crippen LogP contribution in [0, 0.1) is 0 Å². The topological polar surface area (TPSA) is 0 Å². The van der Waals surface area contributed by atoms with Crippen molar-refractivity contribution < 1.29 is 0 Å². The van der Waals surface area contributed by atoms with Gasteiger partial charge in [-0.1, -0.05) is 97.1 Å². The number of hydrogen-bond acceptors (Lipinski definition) is 0. The predicted octanol–water partition coefficient (Wildman–Crippen LogP) is 6.13. The Hall–Kier alpha value is -2.52. The smallest absolute Gasteiger partial charge is 0 e. The van der Waals surface area contributed by atoms with Crippen molar-refractivity contribution in [3.8, 4) is 22.3 Å². The molecule has 125 valence electrons. The minimum Gasteiger partial charge on any atom is -0.0619 e. The molecule has 0 aliphatic heterocycles. The number of rotatable bonds is 0. The molecule has 2 aliphatic rings. The first-order chi connectivity index (χ1) is 12.9. The van der Waals surface area contributed by atoms with E-state index in [2.05, 4.69) is 97.1 Å². The van der Waals surface area contributed by atoms with Crippen LogP contribution in [0.15, 0.2) is 97.1 Å². The molecule has 0 unspecified atom stereocenters. The van der Waals surface area contributed by atoms with E-state index in [1.54, 1.807) is 0 Å². The van der Waals surface area contributed by atoms with E-state index in [-0.39, 0.29) is 18.9 Å². The van der Waals surface area contributed by atoms with Gasteiger partial charge in [-0.25, -0.2) is 0 Å². The third-order valence-electron chi connectivity index (χ3n) is 5.41. The summed E-state index contributed by atoms with van der Waals surface area (Å²) in [4.78, 5) is 0. The van der Waals surface area contributed by atoms with Crippen LogP contribution in [-0.2, 0) is 12.8 Å². The Morgan fingerprint density at radius 1 is 0.333 bits per heavy atom. The zero-order valence-corrected chi connectivity index (χ0v) is 15.7. The summed E-state index contributed by atoms with van der Waals surface area (Å²) in [7, 11) is 0. The summed E-state index contributed by atoms with van der Waals surface area (Å²) in [6.45, 7) is 0. The van der Waals surface area contributed by atoms with Gasteiger partial charge < -0.3 is 0 Å². The molecule has 1 heteroatoms. The predicted molar refractivity (Wildman–Crippen MR) is 115 cm³/mol. The third kappa shape index (κ3) is 3.28. The minimum absolute atomic E-state index is 0. The molecule has 0 saturated carbocycles. The third-order valence-corrected chi connectivity index (χ3v) is 5.41. The molecule has 0 N–H and O–H groups in total. The summed E-state index contributed by atoms with van der Waals surface area (Å²) < 4.78 is 0. The molecule has 0 heterocycles. The van der Waals surface area contributed by atoms with Crippen LogP contribution in [0.3, 0.4) is 0 Å². The summed E-state index contributed by atoms with van der Waals surface area (Å²) in [5.41, 5.74) is 11.5. The van der Waals surface area contributed by atoms with Crippen molar-refractivity contribution in [3.05, 3.63) is 119 Å². The minimum atomic E-state index is 0. The Morgan fingerprint density at radius 3 is 0.815 bits per heavy atom.